The van der Waals surface area contributed by atoms with Gasteiger partial charge in [0.25, 0.3) is 0 Å². The molecular weight excluding hydrogens is 288 g/mol. The van der Waals surface area contributed by atoms with Crippen LogP contribution in [0, 0.1) is 6.92 Å². The Kier molecular flexibility index (Phi) is 4.86. The van der Waals surface area contributed by atoms with E-state index in [2.05, 4.69) is 51.8 Å². The van der Waals surface area contributed by atoms with E-state index in [1.165, 1.54) is 5.69 Å². The summed E-state index contributed by atoms with van der Waals surface area (Å²) in [6.45, 7) is 5.92. The van der Waals surface area contributed by atoms with Gasteiger partial charge in [-0.3, -0.25) is 0 Å². The Balaban J connectivity index is 1.42. The first-order valence-electron chi connectivity index (χ1n) is 8.35. The van der Waals surface area contributed by atoms with Gasteiger partial charge < -0.3 is 15.4 Å². The number of anilines is 2. The van der Waals surface area contributed by atoms with Gasteiger partial charge in [-0.25, -0.2) is 9.13 Å². The third-order valence-electron chi connectivity index (χ3n) is 4.50. The Labute approximate surface area is 138 Å². The second-order valence-corrected chi connectivity index (χ2v) is 6.44. The zero-order valence-corrected chi connectivity index (χ0v) is 14.1. The van der Waals surface area contributed by atoms with E-state index < -0.39 is 0 Å². The number of nitrogen functional groups attached to an aromatic ring is 1. The minimum atomic E-state index is 0.341. The van der Waals surface area contributed by atoms with E-state index in [1.54, 1.807) is 0 Å². The fourth-order valence-corrected chi connectivity index (χ4v) is 3.09. The van der Waals surface area contributed by atoms with Crippen LogP contribution >= 0.6 is 0 Å². The summed E-state index contributed by atoms with van der Waals surface area (Å²) in [5.41, 5.74) is 9.16. The van der Waals surface area contributed by atoms with E-state index >= 15 is 0 Å². The topological polar surface area (TPSA) is 47.3 Å². The van der Waals surface area contributed by atoms with Crippen molar-refractivity contribution in [3.05, 3.63) is 42.5 Å². The molecule has 0 bridgehead atoms. The summed E-state index contributed by atoms with van der Waals surface area (Å²) in [6.07, 6.45) is 8.74. The maximum atomic E-state index is 6.05. The quantitative estimate of drug-likeness (QED) is 0.503. The largest absolute Gasteiger partial charge is 0.399 e. The van der Waals surface area contributed by atoms with Crippen LogP contribution in [0.5, 0.6) is 0 Å². The number of nitrogens with zero attached hydrogens (tertiary/aromatic N) is 3. The van der Waals surface area contributed by atoms with Crippen LogP contribution in [0.15, 0.2) is 36.9 Å². The van der Waals surface area contributed by atoms with Gasteiger partial charge in [0, 0.05) is 30.9 Å². The number of ether oxygens (including phenoxy) is 1. The molecule has 2 heterocycles. The highest BCUT2D eigenvalue weighted by molar-refractivity contribution is 5.58. The molecule has 1 aliphatic rings. The van der Waals surface area contributed by atoms with E-state index in [0.29, 0.717) is 6.10 Å². The zero-order valence-electron chi connectivity index (χ0n) is 14.1. The molecule has 5 nitrogen and oxygen atoms in total. The molecular formula is C18H27N4O+. The molecule has 5 heteroatoms. The summed E-state index contributed by atoms with van der Waals surface area (Å²) in [7, 11) is 2.04. The summed E-state index contributed by atoms with van der Waals surface area (Å²) < 4.78 is 10.3. The second kappa shape index (κ2) is 7.04. The number of rotatable bonds is 6. The van der Waals surface area contributed by atoms with Crippen LogP contribution in [0.2, 0.25) is 0 Å². The molecule has 1 aliphatic heterocycles. The molecule has 0 aliphatic carbocycles. The van der Waals surface area contributed by atoms with Crippen molar-refractivity contribution in [2.24, 2.45) is 7.05 Å². The predicted octanol–water partition coefficient (Wildman–Crippen LogP) is 1.89. The maximum absolute atomic E-state index is 6.05. The van der Waals surface area contributed by atoms with E-state index in [9.17, 15) is 0 Å². The van der Waals surface area contributed by atoms with Crippen LogP contribution in [0.1, 0.15) is 18.4 Å². The van der Waals surface area contributed by atoms with Crippen LogP contribution in [0.3, 0.4) is 0 Å². The monoisotopic (exact) mass is 315 g/mol. The van der Waals surface area contributed by atoms with Crippen molar-refractivity contribution in [2.75, 3.05) is 30.3 Å². The molecule has 0 spiro atoms. The summed E-state index contributed by atoms with van der Waals surface area (Å²) >= 11 is 0. The van der Waals surface area contributed by atoms with E-state index in [4.69, 9.17) is 10.5 Å². The summed E-state index contributed by atoms with van der Waals surface area (Å²) in [5.74, 6) is 0. The second-order valence-electron chi connectivity index (χ2n) is 6.44. The number of aromatic nitrogens is 2. The minimum absolute atomic E-state index is 0.341. The molecule has 124 valence electrons. The van der Waals surface area contributed by atoms with Crippen molar-refractivity contribution in [1.82, 2.24) is 4.57 Å². The number of hydrogen-bond acceptors (Lipinski definition) is 3. The van der Waals surface area contributed by atoms with Gasteiger partial charge in [-0.1, -0.05) is 0 Å². The number of aryl methyl sites for hydroxylation is 3. The lowest BCUT2D eigenvalue weighted by Gasteiger charge is -2.19. The Morgan fingerprint density at radius 1 is 1.39 bits per heavy atom. The van der Waals surface area contributed by atoms with Gasteiger partial charge >= 0.3 is 0 Å². The van der Waals surface area contributed by atoms with Crippen molar-refractivity contribution in [2.45, 2.75) is 32.4 Å². The Bertz CT molecular complexity index is 652. The van der Waals surface area contributed by atoms with Gasteiger partial charge in [-0.15, -0.1) is 0 Å². The highest BCUT2D eigenvalue weighted by Crippen LogP contribution is 2.25. The standard InChI is InChI=1S/C18H27N4O/c1-15-12-16(4-5-18(15)19)22-8-6-17(13-22)23-11-3-7-21-10-9-20(2)14-21/h4-5,9-10,12,14,17H,3,6-8,11,13,19H2,1-2H3/q+1. The molecule has 23 heavy (non-hydrogen) atoms. The first kappa shape index (κ1) is 15.9. The third kappa shape index (κ3) is 4.05. The van der Waals surface area contributed by atoms with Crippen LogP contribution in [-0.4, -0.2) is 30.4 Å². The average Bonchev–Trinajstić information content (AvgIpc) is 3.16. The SMILES string of the molecule is Cc1cc(N2CCC(OCCCn3cc[n+](C)c3)C2)ccc1N. The maximum Gasteiger partial charge on any atom is 0.243 e. The lowest BCUT2D eigenvalue weighted by molar-refractivity contribution is -0.671. The van der Waals surface area contributed by atoms with E-state index in [1.807, 2.05) is 13.1 Å². The molecule has 1 aromatic heterocycles. The van der Waals surface area contributed by atoms with Crippen molar-refractivity contribution in [3.63, 3.8) is 0 Å². The normalized spacial score (nSPS) is 17.8. The number of benzene rings is 1. The fraction of sp³-hybridized carbons (Fsp3) is 0.500. The molecule has 3 rings (SSSR count). The van der Waals surface area contributed by atoms with Gasteiger partial charge in [0.1, 0.15) is 12.4 Å². The van der Waals surface area contributed by atoms with Crippen LogP contribution in [0.25, 0.3) is 0 Å². The molecule has 1 saturated heterocycles. The molecule has 1 aromatic carbocycles. The fourth-order valence-electron chi connectivity index (χ4n) is 3.09. The predicted molar refractivity (Wildman–Crippen MR) is 92.4 cm³/mol. The Hall–Kier alpha value is -2.01. The molecule has 0 radical (unpaired) electrons. The molecule has 0 saturated carbocycles. The number of nitrogens with two attached hydrogens (primary N) is 1. The smallest absolute Gasteiger partial charge is 0.243 e. The Morgan fingerprint density at radius 2 is 2.26 bits per heavy atom. The lowest BCUT2D eigenvalue weighted by atomic mass is 10.2. The molecule has 0 amide bonds. The highest BCUT2D eigenvalue weighted by atomic mass is 16.5. The van der Waals surface area contributed by atoms with Crippen LogP contribution in [-0.2, 0) is 18.3 Å². The van der Waals surface area contributed by atoms with Crippen molar-refractivity contribution in [1.29, 1.82) is 0 Å². The van der Waals surface area contributed by atoms with Crippen molar-refractivity contribution >= 4 is 11.4 Å². The summed E-state index contributed by atoms with van der Waals surface area (Å²) in [5, 5.41) is 0. The van der Waals surface area contributed by atoms with Crippen molar-refractivity contribution < 1.29 is 9.30 Å². The molecule has 2 aromatic rings. The Morgan fingerprint density at radius 3 is 3.00 bits per heavy atom. The first-order valence-corrected chi connectivity index (χ1v) is 8.35. The van der Waals surface area contributed by atoms with E-state index in [0.717, 1.165) is 50.3 Å². The summed E-state index contributed by atoms with van der Waals surface area (Å²) in [6, 6.07) is 6.27. The summed E-state index contributed by atoms with van der Waals surface area (Å²) in [4.78, 5) is 2.39. The highest BCUT2D eigenvalue weighted by Gasteiger charge is 2.23. The molecule has 1 unspecified atom stereocenters. The van der Waals surface area contributed by atoms with E-state index in [-0.39, 0.29) is 0 Å². The molecule has 1 atom stereocenters. The van der Waals surface area contributed by atoms with Crippen LogP contribution < -0.4 is 15.2 Å². The van der Waals surface area contributed by atoms with Gasteiger partial charge in [-0.2, -0.15) is 0 Å². The molecule has 2 N–H and O–H groups in total. The van der Waals surface area contributed by atoms with Gasteiger partial charge in [0.05, 0.1) is 26.3 Å². The van der Waals surface area contributed by atoms with Crippen molar-refractivity contribution in [3.8, 4) is 0 Å². The number of imidazole rings is 1. The third-order valence-corrected chi connectivity index (χ3v) is 4.50. The van der Waals surface area contributed by atoms with Gasteiger partial charge in [0.2, 0.25) is 6.33 Å². The first-order chi connectivity index (χ1) is 11.1. The molecule has 1 fully saturated rings. The van der Waals surface area contributed by atoms with Gasteiger partial charge in [0.15, 0.2) is 0 Å². The minimum Gasteiger partial charge on any atom is -0.399 e. The zero-order chi connectivity index (χ0) is 16.2. The number of hydrogen-bond donors (Lipinski definition) is 1. The average molecular weight is 315 g/mol. The van der Waals surface area contributed by atoms with Crippen LogP contribution in [0.4, 0.5) is 11.4 Å². The lowest BCUT2D eigenvalue weighted by Crippen LogP contribution is -2.24. The van der Waals surface area contributed by atoms with Gasteiger partial charge in [-0.05, 0) is 37.1 Å².